The van der Waals surface area contributed by atoms with E-state index in [0.29, 0.717) is 30.2 Å². The zero-order chi connectivity index (χ0) is 21.2. The molecule has 0 radical (unpaired) electrons. The van der Waals surface area contributed by atoms with Gasteiger partial charge in [-0.1, -0.05) is 24.3 Å². The molecular weight excluding hydrogens is 412 g/mol. The van der Waals surface area contributed by atoms with Crippen LogP contribution < -0.4 is 5.73 Å². The normalized spacial score (nSPS) is 23.1. The summed E-state index contributed by atoms with van der Waals surface area (Å²) in [6, 6.07) is 9.90. The number of rotatable bonds is 3. The van der Waals surface area contributed by atoms with Gasteiger partial charge < -0.3 is 15.4 Å². The highest BCUT2D eigenvalue weighted by Crippen LogP contribution is 2.52. The number of thiazole rings is 1. The third kappa shape index (κ3) is 2.71. The molecule has 2 fully saturated rings. The summed E-state index contributed by atoms with van der Waals surface area (Å²) < 4.78 is 5.78. The largest absolute Gasteiger partial charge is 0.449 e. The number of hydrogen-bond donors (Lipinski definition) is 1. The van der Waals surface area contributed by atoms with Crippen LogP contribution in [0.2, 0.25) is 0 Å². The standard InChI is InChI=1S/C23H20N4O3S/c24-21-26-18(12-31-21)14-1-3-15(4-2-14)22(6-7-22)20(29)27-10-8-23(13-27)17-5-9-25-11-16(17)19(28)30-23/h1-5,9,11-12H,6-8,10,13H2,(H2,24,26)/t23-/m0/s1. The van der Waals surface area contributed by atoms with Crippen molar-refractivity contribution in [3.05, 3.63) is 64.8 Å². The molecule has 1 aromatic carbocycles. The smallest absolute Gasteiger partial charge is 0.341 e. The Labute approximate surface area is 182 Å². The van der Waals surface area contributed by atoms with E-state index < -0.39 is 11.0 Å². The second-order valence-corrected chi connectivity index (χ2v) is 9.40. The number of esters is 1. The van der Waals surface area contributed by atoms with Crippen molar-refractivity contribution in [1.82, 2.24) is 14.9 Å². The van der Waals surface area contributed by atoms with E-state index in [9.17, 15) is 9.59 Å². The van der Waals surface area contributed by atoms with E-state index in [1.807, 2.05) is 40.6 Å². The van der Waals surface area contributed by atoms with Gasteiger partial charge in [0.1, 0.15) is 0 Å². The fourth-order valence-corrected chi connectivity index (χ4v) is 5.51. The number of benzene rings is 1. The predicted octanol–water partition coefficient (Wildman–Crippen LogP) is 3.12. The Bertz CT molecular complexity index is 1220. The Morgan fingerprint density at radius 3 is 2.68 bits per heavy atom. The van der Waals surface area contributed by atoms with Crippen molar-refractivity contribution >= 4 is 28.3 Å². The minimum Gasteiger partial charge on any atom is -0.449 e. The molecule has 1 aliphatic carbocycles. The molecule has 6 rings (SSSR count). The summed E-state index contributed by atoms with van der Waals surface area (Å²) in [5, 5.41) is 2.48. The van der Waals surface area contributed by atoms with E-state index in [-0.39, 0.29) is 11.9 Å². The van der Waals surface area contributed by atoms with Gasteiger partial charge in [-0.3, -0.25) is 9.78 Å². The molecule has 2 aliphatic heterocycles. The van der Waals surface area contributed by atoms with Crippen LogP contribution in [0.25, 0.3) is 11.3 Å². The van der Waals surface area contributed by atoms with Crippen LogP contribution in [-0.4, -0.2) is 39.8 Å². The number of likely N-dealkylation sites (tertiary alicyclic amines) is 1. The maximum absolute atomic E-state index is 13.6. The summed E-state index contributed by atoms with van der Waals surface area (Å²) in [5.41, 5.74) is 8.75. The maximum Gasteiger partial charge on any atom is 0.341 e. The van der Waals surface area contributed by atoms with Gasteiger partial charge in [0.15, 0.2) is 10.7 Å². The third-order valence-electron chi connectivity index (χ3n) is 6.75. The molecular formula is C23H20N4O3S. The molecule has 3 aromatic rings. The van der Waals surface area contributed by atoms with Crippen LogP contribution in [0.15, 0.2) is 48.1 Å². The first kappa shape index (κ1) is 18.5. The fraction of sp³-hybridized carbons (Fsp3) is 0.304. The van der Waals surface area contributed by atoms with Gasteiger partial charge in [0.05, 0.1) is 23.2 Å². The summed E-state index contributed by atoms with van der Waals surface area (Å²) >= 11 is 1.41. The summed E-state index contributed by atoms with van der Waals surface area (Å²) in [4.78, 5) is 36.1. The number of ether oxygens (including phenoxy) is 1. The molecule has 7 nitrogen and oxygen atoms in total. The number of nitrogens with two attached hydrogens (primary N) is 1. The fourth-order valence-electron chi connectivity index (χ4n) is 4.93. The molecule has 0 bridgehead atoms. The Morgan fingerprint density at radius 2 is 1.97 bits per heavy atom. The molecule has 1 amide bonds. The van der Waals surface area contributed by atoms with Crippen molar-refractivity contribution in [2.24, 2.45) is 0 Å². The molecule has 0 unspecified atom stereocenters. The quantitative estimate of drug-likeness (QED) is 0.639. The Balaban J connectivity index is 1.25. The lowest BCUT2D eigenvalue weighted by Crippen LogP contribution is -2.40. The molecule has 156 valence electrons. The van der Waals surface area contributed by atoms with Gasteiger partial charge >= 0.3 is 5.97 Å². The van der Waals surface area contributed by atoms with Crippen LogP contribution in [-0.2, 0) is 20.5 Å². The highest BCUT2D eigenvalue weighted by Gasteiger charge is 2.57. The number of carbonyl (C=O) groups excluding carboxylic acids is 2. The summed E-state index contributed by atoms with van der Waals surface area (Å²) in [6.45, 7) is 0.971. The van der Waals surface area contributed by atoms with Gasteiger partial charge in [-0.2, -0.15) is 0 Å². The zero-order valence-electron chi connectivity index (χ0n) is 16.7. The minimum absolute atomic E-state index is 0.119. The highest BCUT2D eigenvalue weighted by atomic mass is 32.1. The van der Waals surface area contributed by atoms with Gasteiger partial charge in [-0.05, 0) is 24.5 Å². The molecule has 8 heteroatoms. The first-order valence-corrected chi connectivity index (χ1v) is 11.2. The van der Waals surface area contributed by atoms with E-state index in [4.69, 9.17) is 10.5 Å². The second kappa shape index (κ2) is 6.37. The number of fused-ring (bicyclic) bond motifs is 2. The Kier molecular flexibility index (Phi) is 3.80. The first-order chi connectivity index (χ1) is 15.0. The van der Waals surface area contributed by atoms with E-state index in [2.05, 4.69) is 9.97 Å². The Morgan fingerprint density at radius 1 is 1.16 bits per heavy atom. The number of amides is 1. The van der Waals surface area contributed by atoms with Crippen LogP contribution in [0.4, 0.5) is 5.13 Å². The first-order valence-electron chi connectivity index (χ1n) is 10.3. The molecule has 1 saturated heterocycles. The number of anilines is 1. The highest BCUT2D eigenvalue weighted by molar-refractivity contribution is 7.13. The predicted molar refractivity (Wildman–Crippen MR) is 115 cm³/mol. The van der Waals surface area contributed by atoms with Gasteiger partial charge in [-0.25, -0.2) is 9.78 Å². The number of nitrogen functional groups attached to an aromatic ring is 1. The van der Waals surface area contributed by atoms with E-state index in [0.717, 1.165) is 35.2 Å². The Hall–Kier alpha value is -3.26. The van der Waals surface area contributed by atoms with Crippen molar-refractivity contribution in [3.63, 3.8) is 0 Å². The molecule has 1 saturated carbocycles. The van der Waals surface area contributed by atoms with E-state index >= 15 is 0 Å². The molecule has 1 spiro atoms. The maximum atomic E-state index is 13.6. The third-order valence-corrected chi connectivity index (χ3v) is 7.43. The summed E-state index contributed by atoms with van der Waals surface area (Å²) in [6.07, 6.45) is 5.50. The van der Waals surface area contributed by atoms with Gasteiger partial charge in [-0.15, -0.1) is 11.3 Å². The minimum atomic E-state index is -0.741. The lowest BCUT2D eigenvalue weighted by atomic mass is 9.92. The van der Waals surface area contributed by atoms with Crippen molar-refractivity contribution in [2.45, 2.75) is 30.3 Å². The average Bonchev–Trinajstić information content (AvgIpc) is 3.17. The SMILES string of the molecule is Nc1nc(-c2ccc(C3(C(=O)N4CC[C@@]5(C4)OC(=O)c4cnccc45)CC3)cc2)cs1. The summed E-state index contributed by atoms with van der Waals surface area (Å²) in [5.74, 6) is -0.231. The zero-order valence-corrected chi connectivity index (χ0v) is 17.5. The molecule has 4 heterocycles. The van der Waals surface area contributed by atoms with Crippen molar-refractivity contribution in [2.75, 3.05) is 18.8 Å². The second-order valence-electron chi connectivity index (χ2n) is 8.51. The van der Waals surface area contributed by atoms with Crippen LogP contribution >= 0.6 is 11.3 Å². The van der Waals surface area contributed by atoms with Gasteiger partial charge in [0.2, 0.25) is 5.91 Å². The van der Waals surface area contributed by atoms with E-state index in [1.165, 1.54) is 11.3 Å². The van der Waals surface area contributed by atoms with Crippen LogP contribution in [0.3, 0.4) is 0 Å². The molecule has 2 N–H and O–H groups in total. The molecule has 3 aliphatic rings. The van der Waals surface area contributed by atoms with Crippen molar-refractivity contribution in [1.29, 1.82) is 0 Å². The van der Waals surface area contributed by atoms with Crippen molar-refractivity contribution < 1.29 is 14.3 Å². The number of aromatic nitrogens is 2. The van der Waals surface area contributed by atoms with E-state index in [1.54, 1.807) is 12.4 Å². The lowest BCUT2D eigenvalue weighted by molar-refractivity contribution is -0.134. The van der Waals surface area contributed by atoms with Crippen LogP contribution in [0.1, 0.15) is 40.7 Å². The molecule has 1 atom stereocenters. The lowest BCUT2D eigenvalue weighted by Gasteiger charge is -2.27. The molecule has 31 heavy (non-hydrogen) atoms. The topological polar surface area (TPSA) is 98.4 Å². The van der Waals surface area contributed by atoms with Crippen LogP contribution in [0.5, 0.6) is 0 Å². The number of hydrogen-bond acceptors (Lipinski definition) is 7. The number of carbonyl (C=O) groups is 2. The number of nitrogens with zero attached hydrogens (tertiary/aromatic N) is 3. The average molecular weight is 433 g/mol. The van der Waals surface area contributed by atoms with Gasteiger partial charge in [0, 0.05) is 41.9 Å². The van der Waals surface area contributed by atoms with Gasteiger partial charge in [0.25, 0.3) is 0 Å². The van der Waals surface area contributed by atoms with Crippen LogP contribution in [0, 0.1) is 0 Å². The number of pyridine rings is 1. The molecule has 2 aromatic heterocycles. The summed E-state index contributed by atoms with van der Waals surface area (Å²) in [7, 11) is 0. The van der Waals surface area contributed by atoms with Crippen molar-refractivity contribution in [3.8, 4) is 11.3 Å². The monoisotopic (exact) mass is 432 g/mol.